The van der Waals surface area contributed by atoms with E-state index < -0.39 is 5.97 Å². The summed E-state index contributed by atoms with van der Waals surface area (Å²) < 4.78 is 6.45. The number of halogens is 1. The highest BCUT2D eigenvalue weighted by atomic mass is 35.5. The number of esters is 1. The van der Waals surface area contributed by atoms with Gasteiger partial charge in [0.2, 0.25) is 0 Å². The van der Waals surface area contributed by atoms with Crippen molar-refractivity contribution in [2.75, 3.05) is 7.11 Å². The van der Waals surface area contributed by atoms with Crippen LogP contribution in [0.25, 0.3) is 16.7 Å². The Morgan fingerprint density at radius 2 is 2.15 bits per heavy atom. The number of hydrogen-bond acceptors (Lipinski definition) is 4. The van der Waals surface area contributed by atoms with Crippen molar-refractivity contribution in [3.05, 3.63) is 53.6 Å². The Kier molecular flexibility index (Phi) is 3.12. The number of para-hydroxylation sites is 1. The topological polar surface area (TPSA) is 57.0 Å². The zero-order valence-corrected chi connectivity index (χ0v) is 11.3. The molecule has 20 heavy (non-hydrogen) atoms. The third-order valence-corrected chi connectivity index (χ3v) is 3.25. The number of hydrogen-bond donors (Lipinski definition) is 0. The van der Waals surface area contributed by atoms with Crippen molar-refractivity contribution in [1.82, 2.24) is 14.5 Å². The van der Waals surface area contributed by atoms with Gasteiger partial charge in [0, 0.05) is 11.6 Å². The molecule has 3 rings (SSSR count). The molecule has 0 aliphatic rings. The molecule has 2 heterocycles. The second-order valence-corrected chi connectivity index (χ2v) is 4.50. The first kappa shape index (κ1) is 12.6. The van der Waals surface area contributed by atoms with E-state index in [0.29, 0.717) is 11.0 Å². The monoisotopic (exact) mass is 287 g/mol. The van der Waals surface area contributed by atoms with E-state index >= 15 is 0 Å². The molecule has 0 aliphatic carbocycles. The molecule has 0 spiro atoms. The van der Waals surface area contributed by atoms with Crippen LogP contribution in [0.3, 0.4) is 0 Å². The first-order valence-corrected chi connectivity index (χ1v) is 6.25. The normalized spacial score (nSPS) is 10.7. The van der Waals surface area contributed by atoms with E-state index in [4.69, 9.17) is 16.3 Å². The van der Waals surface area contributed by atoms with Crippen molar-refractivity contribution < 1.29 is 9.53 Å². The maximum absolute atomic E-state index is 11.8. The smallest absolute Gasteiger partial charge is 0.343 e. The fraction of sp³-hybridized carbons (Fsp3) is 0.0714. The van der Waals surface area contributed by atoms with Crippen LogP contribution in [0, 0.1) is 0 Å². The van der Waals surface area contributed by atoms with Gasteiger partial charge in [0.15, 0.2) is 5.82 Å². The standard InChI is InChI=1S/C14H10ClN3O2/c1-20-14(19)10-7-16-8-17-13(10)18-11-5-3-2-4-9(11)6-12(18)15/h2-8H,1H3. The molecular formula is C14H10ClN3O2. The molecule has 0 amide bonds. The zero-order valence-electron chi connectivity index (χ0n) is 10.6. The second kappa shape index (κ2) is 4.94. The maximum Gasteiger partial charge on any atom is 0.343 e. The molecule has 3 aromatic rings. The summed E-state index contributed by atoms with van der Waals surface area (Å²) in [7, 11) is 1.31. The third kappa shape index (κ3) is 1.92. The largest absolute Gasteiger partial charge is 0.465 e. The minimum absolute atomic E-state index is 0.262. The number of ether oxygens (including phenoxy) is 1. The van der Waals surface area contributed by atoms with Gasteiger partial charge >= 0.3 is 5.97 Å². The van der Waals surface area contributed by atoms with E-state index in [1.807, 2.05) is 30.3 Å². The van der Waals surface area contributed by atoms with Gasteiger partial charge < -0.3 is 4.74 Å². The van der Waals surface area contributed by atoms with Crippen LogP contribution in [-0.2, 0) is 4.74 Å². The minimum atomic E-state index is -0.505. The molecule has 0 saturated carbocycles. The van der Waals surface area contributed by atoms with Crippen LogP contribution < -0.4 is 0 Å². The SMILES string of the molecule is COC(=O)c1cncnc1-n1c(Cl)cc2ccccc21. The maximum atomic E-state index is 11.8. The fourth-order valence-corrected chi connectivity index (χ4v) is 2.38. The summed E-state index contributed by atoms with van der Waals surface area (Å²) in [6.45, 7) is 0. The van der Waals surface area contributed by atoms with E-state index in [1.165, 1.54) is 19.6 Å². The Bertz CT molecular complexity index is 798. The molecule has 6 heteroatoms. The minimum Gasteiger partial charge on any atom is -0.465 e. The van der Waals surface area contributed by atoms with Crippen LogP contribution in [0.5, 0.6) is 0 Å². The van der Waals surface area contributed by atoms with Crippen LogP contribution >= 0.6 is 11.6 Å². The lowest BCUT2D eigenvalue weighted by Gasteiger charge is -2.09. The average Bonchev–Trinajstić information content (AvgIpc) is 2.82. The summed E-state index contributed by atoms with van der Waals surface area (Å²) in [6.07, 6.45) is 2.78. The highest BCUT2D eigenvalue weighted by Crippen LogP contribution is 2.28. The van der Waals surface area contributed by atoms with Crippen molar-refractivity contribution >= 4 is 28.5 Å². The number of benzene rings is 1. The van der Waals surface area contributed by atoms with Gasteiger partial charge in [0.1, 0.15) is 17.0 Å². The number of methoxy groups -OCH3 is 1. The molecule has 0 atom stereocenters. The Hall–Kier alpha value is -2.40. The van der Waals surface area contributed by atoms with Gasteiger partial charge in [-0.15, -0.1) is 0 Å². The average molecular weight is 288 g/mol. The van der Waals surface area contributed by atoms with Crippen LogP contribution in [-0.4, -0.2) is 27.6 Å². The van der Waals surface area contributed by atoms with Gasteiger partial charge in [-0.2, -0.15) is 0 Å². The van der Waals surface area contributed by atoms with Gasteiger partial charge in [-0.3, -0.25) is 4.57 Å². The molecule has 0 saturated heterocycles. The lowest BCUT2D eigenvalue weighted by Crippen LogP contribution is -2.10. The molecule has 1 aromatic carbocycles. The molecule has 0 bridgehead atoms. The summed E-state index contributed by atoms with van der Waals surface area (Å²) in [5.41, 5.74) is 1.12. The predicted molar refractivity (Wildman–Crippen MR) is 75.2 cm³/mol. The molecule has 0 unspecified atom stereocenters. The Morgan fingerprint density at radius 1 is 1.35 bits per heavy atom. The number of carbonyl (C=O) groups is 1. The first-order valence-electron chi connectivity index (χ1n) is 5.87. The summed E-state index contributed by atoms with van der Waals surface area (Å²) in [5.74, 6) is -0.104. The third-order valence-electron chi connectivity index (χ3n) is 2.97. The lowest BCUT2D eigenvalue weighted by molar-refractivity contribution is 0.0600. The Balaban J connectivity index is 2.31. The summed E-state index contributed by atoms with van der Waals surface area (Å²) in [5, 5.41) is 1.43. The van der Waals surface area contributed by atoms with Gasteiger partial charge in [-0.05, 0) is 12.1 Å². The highest BCUT2D eigenvalue weighted by Gasteiger charge is 2.18. The number of fused-ring (bicyclic) bond motifs is 1. The number of nitrogens with zero attached hydrogens (tertiary/aromatic N) is 3. The molecule has 2 aromatic heterocycles. The summed E-state index contributed by atoms with van der Waals surface area (Å²) in [4.78, 5) is 19.9. The molecule has 5 nitrogen and oxygen atoms in total. The van der Waals surface area contributed by atoms with Crippen LogP contribution in [0.2, 0.25) is 5.15 Å². The molecule has 100 valence electrons. The van der Waals surface area contributed by atoms with Crippen molar-refractivity contribution in [3.8, 4) is 5.82 Å². The Labute approximate surface area is 119 Å². The van der Waals surface area contributed by atoms with E-state index in [1.54, 1.807) is 4.57 Å². The van der Waals surface area contributed by atoms with Crippen LogP contribution in [0.15, 0.2) is 42.9 Å². The summed E-state index contributed by atoms with van der Waals surface area (Å²) >= 11 is 6.27. The van der Waals surface area contributed by atoms with E-state index in [-0.39, 0.29) is 5.56 Å². The van der Waals surface area contributed by atoms with Crippen molar-refractivity contribution in [2.45, 2.75) is 0 Å². The van der Waals surface area contributed by atoms with Crippen LogP contribution in [0.1, 0.15) is 10.4 Å². The molecule has 0 fully saturated rings. The zero-order chi connectivity index (χ0) is 14.1. The van der Waals surface area contributed by atoms with Crippen LogP contribution in [0.4, 0.5) is 0 Å². The first-order chi connectivity index (χ1) is 9.72. The fourth-order valence-electron chi connectivity index (χ4n) is 2.09. The quantitative estimate of drug-likeness (QED) is 0.680. The van der Waals surface area contributed by atoms with E-state index in [9.17, 15) is 4.79 Å². The van der Waals surface area contributed by atoms with Gasteiger partial charge in [-0.25, -0.2) is 14.8 Å². The van der Waals surface area contributed by atoms with E-state index in [0.717, 1.165) is 10.9 Å². The Morgan fingerprint density at radius 3 is 2.95 bits per heavy atom. The molecule has 0 aliphatic heterocycles. The predicted octanol–water partition coefficient (Wildman–Crippen LogP) is 2.86. The van der Waals surface area contributed by atoms with Crippen molar-refractivity contribution in [3.63, 3.8) is 0 Å². The van der Waals surface area contributed by atoms with Gasteiger partial charge in [-0.1, -0.05) is 29.8 Å². The molecule has 0 N–H and O–H groups in total. The van der Waals surface area contributed by atoms with Crippen molar-refractivity contribution in [1.29, 1.82) is 0 Å². The lowest BCUT2D eigenvalue weighted by atomic mass is 10.2. The number of rotatable bonds is 2. The second-order valence-electron chi connectivity index (χ2n) is 4.11. The molecule has 0 radical (unpaired) electrons. The number of aromatic nitrogens is 3. The van der Waals surface area contributed by atoms with Gasteiger partial charge in [0.05, 0.1) is 12.6 Å². The van der Waals surface area contributed by atoms with Gasteiger partial charge in [0.25, 0.3) is 0 Å². The van der Waals surface area contributed by atoms with E-state index in [2.05, 4.69) is 9.97 Å². The highest BCUT2D eigenvalue weighted by molar-refractivity contribution is 6.31. The number of carbonyl (C=O) groups excluding carboxylic acids is 1. The molecular weight excluding hydrogens is 278 g/mol. The van der Waals surface area contributed by atoms with Crippen molar-refractivity contribution in [2.24, 2.45) is 0 Å². The summed E-state index contributed by atoms with van der Waals surface area (Å²) in [6, 6.07) is 9.49.